The average Bonchev–Trinajstić information content (AvgIpc) is 3.42. The van der Waals surface area contributed by atoms with Crippen LogP contribution >= 0.6 is 23.2 Å². The van der Waals surface area contributed by atoms with Crippen molar-refractivity contribution in [1.82, 2.24) is 29.5 Å². The van der Waals surface area contributed by atoms with Crippen LogP contribution in [0.15, 0.2) is 50.5 Å². The first-order valence-electron chi connectivity index (χ1n) is 13.9. The maximum Gasteiger partial charge on any atom is 0.442 e. The number of carbonyl (C=O) groups is 2. The quantitative estimate of drug-likeness (QED) is 0.169. The first-order valence-corrected chi connectivity index (χ1v) is 16.1. The van der Waals surface area contributed by atoms with Crippen LogP contribution in [-0.4, -0.2) is 70.5 Å². The number of hydrogen-bond donors (Lipinski definition) is 4. The molecule has 0 aliphatic rings. The maximum absolute atomic E-state index is 12.3. The van der Waals surface area contributed by atoms with Gasteiger partial charge >= 0.3 is 23.8 Å². The minimum Gasteiger partial charge on any atom is -0.479 e. The highest BCUT2D eigenvalue weighted by Crippen LogP contribution is 2.33. The first-order chi connectivity index (χ1) is 23.0. The molecule has 17 nitrogen and oxygen atoms in total. The molecule has 0 saturated heterocycles. The molecule has 0 bridgehead atoms. The number of carbonyl (C=O) groups excluding carboxylic acids is 1. The molecule has 2 aromatic heterocycles. The summed E-state index contributed by atoms with van der Waals surface area (Å²) in [5, 5.41) is 18.6. The fourth-order valence-electron chi connectivity index (χ4n) is 3.54. The topological polar surface area (TPSA) is 230 Å². The molecule has 0 aliphatic heterocycles. The van der Waals surface area contributed by atoms with E-state index >= 15 is 0 Å². The number of hydrogen-bond acceptors (Lipinski definition) is 13. The van der Waals surface area contributed by atoms with Crippen molar-refractivity contribution in [1.29, 1.82) is 0 Å². The number of halogens is 2. The molecule has 4 aromatic rings. The van der Waals surface area contributed by atoms with Gasteiger partial charge in [-0.1, -0.05) is 62.0 Å². The van der Waals surface area contributed by atoms with E-state index in [0.29, 0.717) is 17.3 Å². The number of ether oxygens (including phenoxy) is 2. The molecule has 2 aromatic carbocycles. The number of rotatable bonds is 10. The highest BCUT2D eigenvalue weighted by atomic mass is 35.5. The number of amides is 2. The van der Waals surface area contributed by atoms with Crippen molar-refractivity contribution in [3.05, 3.63) is 68.4 Å². The molecule has 2 amide bonds. The number of aromatic nitrogens is 5. The minimum atomic E-state index is -4.45. The lowest BCUT2D eigenvalue weighted by Gasteiger charge is -2.11. The first kappa shape index (κ1) is 38.1. The third kappa shape index (κ3) is 10.1. The van der Waals surface area contributed by atoms with Gasteiger partial charge < -0.3 is 24.3 Å². The van der Waals surface area contributed by atoms with Crippen molar-refractivity contribution >= 4 is 57.1 Å². The lowest BCUT2D eigenvalue weighted by atomic mass is 9.97. The number of nitrogens with zero attached hydrogens (tertiary/aromatic N) is 5. The van der Waals surface area contributed by atoms with Gasteiger partial charge in [0, 0.05) is 18.5 Å². The second kappa shape index (κ2) is 16.1. The molecular formula is C29H30Cl2N8O9S. The van der Waals surface area contributed by atoms with Crippen LogP contribution in [-0.2, 0) is 15.4 Å². The number of sulfonamides is 1. The summed E-state index contributed by atoms with van der Waals surface area (Å²) < 4.78 is 43.0. The van der Waals surface area contributed by atoms with Crippen LogP contribution < -0.4 is 30.6 Å². The van der Waals surface area contributed by atoms with Crippen molar-refractivity contribution in [2.24, 2.45) is 0 Å². The number of terminal acetylenes is 1. The Bertz CT molecular complexity index is 2060. The van der Waals surface area contributed by atoms with Gasteiger partial charge in [0.05, 0.1) is 27.9 Å². The maximum atomic E-state index is 12.3. The Morgan fingerprint density at radius 2 is 1.76 bits per heavy atom. The zero-order chi connectivity index (χ0) is 36.5. The van der Waals surface area contributed by atoms with E-state index in [4.69, 9.17) is 48.6 Å². The Balaban J connectivity index is 0.000000271. The molecule has 20 heteroatoms. The number of nitrogens with one attached hydrogen (secondary N) is 3. The second-order valence-corrected chi connectivity index (χ2v) is 12.8. The predicted molar refractivity (Wildman–Crippen MR) is 178 cm³/mol. The van der Waals surface area contributed by atoms with Crippen molar-refractivity contribution in [3.8, 4) is 29.8 Å². The molecule has 0 saturated carbocycles. The van der Waals surface area contributed by atoms with E-state index in [-0.39, 0.29) is 41.2 Å². The highest BCUT2D eigenvalue weighted by Gasteiger charge is 2.25. The monoisotopic (exact) mass is 736 g/mol. The standard InChI is InChI=1S/C15H14Cl2N2O3.C14H16N6O6S/c1-5-6-21-12-8-11(9(16)7-10(12)17)19-14(20)22-13(18-19)15(2,3)4;1-3-26-14-18-11(15-2)16-12(19-14)17-13(23)20-27(24,25)9-7-5-4-6-8(9)10(21)22/h1,7-8H,6H2,2-4H3;4-7H,3H2,1-2H3,(H,21,22)(H3,15,16,17,18,19,20,23). The Morgan fingerprint density at radius 3 is 2.35 bits per heavy atom. The lowest BCUT2D eigenvalue weighted by Crippen LogP contribution is -2.35. The number of carboxylic acid groups (broad SMARTS) is 1. The van der Waals surface area contributed by atoms with E-state index < -0.39 is 43.7 Å². The molecule has 4 N–H and O–H groups in total. The van der Waals surface area contributed by atoms with Gasteiger partial charge in [0.1, 0.15) is 17.3 Å². The minimum absolute atomic E-state index is 0.0434. The summed E-state index contributed by atoms with van der Waals surface area (Å²) >= 11 is 12.2. The van der Waals surface area contributed by atoms with Crippen LogP contribution in [0.25, 0.3) is 5.69 Å². The van der Waals surface area contributed by atoms with Crippen molar-refractivity contribution in [2.45, 2.75) is 38.0 Å². The Hall–Kier alpha value is -5.38. The van der Waals surface area contributed by atoms with Gasteiger partial charge in [-0.25, -0.2) is 27.5 Å². The van der Waals surface area contributed by atoms with E-state index in [1.54, 1.807) is 11.6 Å². The zero-order valence-electron chi connectivity index (χ0n) is 26.6. The largest absolute Gasteiger partial charge is 0.479 e. The summed E-state index contributed by atoms with van der Waals surface area (Å²) in [5.74, 6) is 0.676. The number of anilines is 2. The summed E-state index contributed by atoms with van der Waals surface area (Å²) in [4.78, 5) is 46.2. The van der Waals surface area contributed by atoms with Gasteiger partial charge in [-0.15, -0.1) is 11.5 Å². The van der Waals surface area contributed by atoms with Crippen molar-refractivity contribution < 1.29 is 37.0 Å². The predicted octanol–water partition coefficient (Wildman–Crippen LogP) is 3.96. The zero-order valence-corrected chi connectivity index (χ0v) is 28.9. The molecule has 0 atom stereocenters. The summed E-state index contributed by atoms with van der Waals surface area (Å²) in [5.41, 5.74) is -0.581. The molecule has 2 heterocycles. The molecule has 0 radical (unpaired) electrons. The fraction of sp³-hybridized carbons (Fsp3) is 0.276. The summed E-state index contributed by atoms with van der Waals surface area (Å²) in [6, 6.07) is 6.56. The van der Waals surface area contributed by atoms with Crippen LogP contribution in [0.1, 0.15) is 43.9 Å². The molecule has 0 unspecified atom stereocenters. The summed E-state index contributed by atoms with van der Waals surface area (Å²) in [6.45, 7) is 7.66. The molecule has 0 spiro atoms. The Kier molecular flexibility index (Phi) is 12.5. The third-order valence-corrected chi connectivity index (χ3v) is 7.69. The van der Waals surface area contributed by atoms with E-state index in [2.05, 4.69) is 36.6 Å². The molecule has 260 valence electrons. The number of benzene rings is 2. The Morgan fingerprint density at radius 1 is 1.08 bits per heavy atom. The number of urea groups is 1. The van der Waals surface area contributed by atoms with Gasteiger partial charge in [0.15, 0.2) is 0 Å². The molecule has 0 fully saturated rings. The van der Waals surface area contributed by atoms with Gasteiger partial charge in [-0.05, 0) is 25.1 Å². The van der Waals surface area contributed by atoms with Crippen molar-refractivity contribution in [3.63, 3.8) is 0 Å². The second-order valence-electron chi connectivity index (χ2n) is 10.4. The smallest absolute Gasteiger partial charge is 0.442 e. The van der Waals surface area contributed by atoms with E-state index in [1.807, 2.05) is 20.8 Å². The van der Waals surface area contributed by atoms with Crippen LogP contribution in [0.3, 0.4) is 0 Å². The van der Waals surface area contributed by atoms with Gasteiger partial charge in [-0.3, -0.25) is 5.32 Å². The van der Waals surface area contributed by atoms with Crippen molar-refractivity contribution in [2.75, 3.05) is 30.9 Å². The van der Waals surface area contributed by atoms with E-state index in [9.17, 15) is 22.8 Å². The van der Waals surface area contributed by atoms with Gasteiger partial charge in [-0.2, -0.15) is 19.6 Å². The summed E-state index contributed by atoms with van der Waals surface area (Å²) in [7, 11) is -2.92. The third-order valence-electron chi connectivity index (χ3n) is 5.70. The Labute approximate surface area is 290 Å². The van der Waals surface area contributed by atoms with Crippen LogP contribution in [0.5, 0.6) is 11.8 Å². The molecular weight excluding hydrogens is 707 g/mol. The molecule has 0 aliphatic carbocycles. The SMILES string of the molecule is C#CCOc1cc(-n2nc(C(C)(C)C)oc2=O)c(Cl)cc1Cl.CCOc1nc(NC)nc(NC(=O)NS(=O)(=O)c2ccccc2C(=O)O)n1. The van der Waals surface area contributed by atoms with Gasteiger partial charge in [0.2, 0.25) is 17.8 Å². The highest BCUT2D eigenvalue weighted by molar-refractivity contribution is 7.90. The van der Waals surface area contributed by atoms with Crippen LogP contribution in [0.2, 0.25) is 10.0 Å². The molecule has 4 rings (SSSR count). The van der Waals surface area contributed by atoms with E-state index in [0.717, 1.165) is 16.8 Å². The lowest BCUT2D eigenvalue weighted by molar-refractivity contribution is 0.0692. The van der Waals surface area contributed by atoms with E-state index in [1.165, 1.54) is 31.3 Å². The average molecular weight is 738 g/mol. The summed E-state index contributed by atoms with van der Waals surface area (Å²) in [6.07, 6.45) is 5.15. The molecule has 49 heavy (non-hydrogen) atoms. The fourth-order valence-corrected chi connectivity index (χ4v) is 5.17. The van der Waals surface area contributed by atoms with Gasteiger partial charge in [0.25, 0.3) is 10.0 Å². The van der Waals surface area contributed by atoms with Crippen LogP contribution in [0, 0.1) is 12.3 Å². The van der Waals surface area contributed by atoms with Crippen LogP contribution in [0.4, 0.5) is 16.7 Å². The number of aromatic carboxylic acids is 1. The number of carboxylic acids is 1. The normalized spacial score (nSPS) is 11.0.